The SMILES string of the molecule is CC(NCC(O)C(F)(F)F)c1cccc(F)c1. The first kappa shape index (κ1) is 13.9. The first-order valence-electron chi connectivity index (χ1n) is 5.04. The van der Waals surface area contributed by atoms with Gasteiger partial charge in [0.2, 0.25) is 0 Å². The van der Waals surface area contributed by atoms with E-state index in [-0.39, 0.29) is 0 Å². The Labute approximate surface area is 96.3 Å². The molecule has 1 rings (SSSR count). The van der Waals surface area contributed by atoms with Gasteiger partial charge < -0.3 is 10.4 Å². The van der Waals surface area contributed by atoms with E-state index < -0.39 is 30.7 Å². The summed E-state index contributed by atoms with van der Waals surface area (Å²) in [5.74, 6) is -0.451. The molecule has 0 aliphatic heterocycles. The monoisotopic (exact) mass is 251 g/mol. The molecule has 0 amide bonds. The smallest absolute Gasteiger partial charge is 0.382 e. The average Bonchev–Trinajstić information content (AvgIpc) is 2.24. The molecule has 2 N–H and O–H groups in total. The summed E-state index contributed by atoms with van der Waals surface area (Å²) in [7, 11) is 0. The summed E-state index contributed by atoms with van der Waals surface area (Å²) in [4.78, 5) is 0. The number of nitrogens with one attached hydrogen (secondary N) is 1. The average molecular weight is 251 g/mol. The summed E-state index contributed by atoms with van der Waals surface area (Å²) < 4.78 is 48.9. The van der Waals surface area contributed by atoms with Crippen molar-refractivity contribution < 1.29 is 22.7 Å². The highest BCUT2D eigenvalue weighted by Crippen LogP contribution is 2.20. The van der Waals surface area contributed by atoms with Crippen LogP contribution in [0, 0.1) is 5.82 Å². The molecule has 6 heteroatoms. The molecule has 2 unspecified atom stereocenters. The quantitative estimate of drug-likeness (QED) is 0.805. The Morgan fingerprint density at radius 1 is 1.35 bits per heavy atom. The van der Waals surface area contributed by atoms with Gasteiger partial charge in [0.05, 0.1) is 0 Å². The van der Waals surface area contributed by atoms with E-state index >= 15 is 0 Å². The summed E-state index contributed by atoms with van der Waals surface area (Å²) in [6, 6.07) is 5.09. The van der Waals surface area contributed by atoms with Crippen molar-refractivity contribution in [1.29, 1.82) is 0 Å². The summed E-state index contributed by atoms with van der Waals surface area (Å²) in [6.45, 7) is 0.971. The van der Waals surface area contributed by atoms with Gasteiger partial charge in [0.1, 0.15) is 5.82 Å². The van der Waals surface area contributed by atoms with Crippen molar-refractivity contribution in [3.05, 3.63) is 35.6 Å². The third-order valence-electron chi connectivity index (χ3n) is 2.34. The molecule has 0 aliphatic rings. The van der Waals surface area contributed by atoms with E-state index in [9.17, 15) is 17.6 Å². The Morgan fingerprint density at radius 3 is 2.53 bits per heavy atom. The Bertz CT molecular complexity index is 367. The molecule has 96 valence electrons. The summed E-state index contributed by atoms with van der Waals surface area (Å²) >= 11 is 0. The van der Waals surface area contributed by atoms with Gasteiger partial charge in [0, 0.05) is 12.6 Å². The van der Waals surface area contributed by atoms with Crippen molar-refractivity contribution in [3.63, 3.8) is 0 Å². The van der Waals surface area contributed by atoms with Gasteiger partial charge in [0.15, 0.2) is 6.10 Å². The van der Waals surface area contributed by atoms with E-state index in [0.29, 0.717) is 5.56 Å². The third-order valence-corrected chi connectivity index (χ3v) is 2.34. The maximum atomic E-state index is 12.9. The maximum absolute atomic E-state index is 12.9. The van der Waals surface area contributed by atoms with Gasteiger partial charge in [-0.3, -0.25) is 0 Å². The highest BCUT2D eigenvalue weighted by Gasteiger charge is 2.37. The van der Waals surface area contributed by atoms with E-state index in [4.69, 9.17) is 5.11 Å². The van der Waals surface area contributed by atoms with Crippen molar-refractivity contribution in [1.82, 2.24) is 5.32 Å². The van der Waals surface area contributed by atoms with Crippen LogP contribution in [0.5, 0.6) is 0 Å². The Hall–Kier alpha value is -1.14. The predicted octanol–water partition coefficient (Wildman–Crippen LogP) is 2.40. The first-order valence-corrected chi connectivity index (χ1v) is 5.04. The molecule has 0 aromatic heterocycles. The van der Waals surface area contributed by atoms with Gasteiger partial charge in [0.25, 0.3) is 0 Å². The molecule has 0 aliphatic carbocycles. The number of rotatable bonds is 4. The fourth-order valence-corrected chi connectivity index (χ4v) is 1.30. The molecule has 0 fully saturated rings. The van der Waals surface area contributed by atoms with Crippen LogP contribution in [0.2, 0.25) is 0 Å². The topological polar surface area (TPSA) is 32.3 Å². The molecule has 0 bridgehead atoms. The van der Waals surface area contributed by atoms with Crippen LogP contribution in [-0.2, 0) is 0 Å². The second kappa shape index (κ2) is 5.46. The van der Waals surface area contributed by atoms with E-state index in [1.807, 2.05) is 0 Å². The van der Waals surface area contributed by atoms with Crippen LogP contribution in [0.15, 0.2) is 24.3 Å². The van der Waals surface area contributed by atoms with Crippen molar-refractivity contribution in [3.8, 4) is 0 Å². The zero-order valence-electron chi connectivity index (χ0n) is 9.13. The number of benzene rings is 1. The largest absolute Gasteiger partial charge is 0.415 e. The zero-order chi connectivity index (χ0) is 13.1. The normalized spacial score (nSPS) is 15.6. The van der Waals surface area contributed by atoms with Crippen LogP contribution < -0.4 is 5.32 Å². The molecule has 17 heavy (non-hydrogen) atoms. The van der Waals surface area contributed by atoms with E-state index in [0.717, 1.165) is 0 Å². The fourth-order valence-electron chi connectivity index (χ4n) is 1.30. The van der Waals surface area contributed by atoms with Gasteiger partial charge in [-0.1, -0.05) is 12.1 Å². The fraction of sp³-hybridized carbons (Fsp3) is 0.455. The first-order chi connectivity index (χ1) is 7.80. The van der Waals surface area contributed by atoms with Gasteiger partial charge in [-0.15, -0.1) is 0 Å². The highest BCUT2D eigenvalue weighted by atomic mass is 19.4. The number of hydrogen-bond acceptors (Lipinski definition) is 2. The third kappa shape index (κ3) is 4.32. The van der Waals surface area contributed by atoms with Crippen molar-refractivity contribution in [2.45, 2.75) is 25.2 Å². The van der Waals surface area contributed by atoms with Crippen LogP contribution in [0.4, 0.5) is 17.6 Å². The molecule has 2 atom stereocenters. The molecule has 1 aromatic rings. The van der Waals surface area contributed by atoms with Crippen LogP contribution in [0.25, 0.3) is 0 Å². The lowest BCUT2D eigenvalue weighted by Gasteiger charge is -2.19. The minimum Gasteiger partial charge on any atom is -0.382 e. The minimum absolute atomic E-state index is 0.451. The zero-order valence-corrected chi connectivity index (χ0v) is 9.13. The standard InChI is InChI=1S/C11H13F4NO/c1-7(8-3-2-4-9(12)5-8)16-6-10(17)11(13,14)15/h2-5,7,10,16-17H,6H2,1H3. The molecular weight excluding hydrogens is 238 g/mol. The molecule has 1 aromatic carbocycles. The van der Waals surface area contributed by atoms with E-state index in [1.54, 1.807) is 13.0 Å². The summed E-state index contributed by atoms with van der Waals surface area (Å²) in [5.41, 5.74) is 0.527. The number of alkyl halides is 3. The van der Waals surface area contributed by atoms with Crippen LogP contribution in [0.3, 0.4) is 0 Å². The van der Waals surface area contributed by atoms with E-state index in [1.165, 1.54) is 18.2 Å². The molecule has 0 heterocycles. The Morgan fingerprint density at radius 2 is 2.00 bits per heavy atom. The Kier molecular flexibility index (Phi) is 4.47. The number of halogens is 4. The molecule has 0 radical (unpaired) electrons. The summed E-state index contributed by atoms with van der Waals surface area (Å²) in [6.07, 6.45) is -7.06. The van der Waals surface area contributed by atoms with Crippen molar-refractivity contribution >= 4 is 0 Å². The summed E-state index contributed by atoms with van der Waals surface area (Å²) in [5, 5.41) is 11.3. The lowest BCUT2D eigenvalue weighted by Crippen LogP contribution is -2.39. The van der Waals surface area contributed by atoms with Gasteiger partial charge in [-0.2, -0.15) is 13.2 Å². The van der Waals surface area contributed by atoms with Gasteiger partial charge in [-0.25, -0.2) is 4.39 Å². The molecular formula is C11H13F4NO. The Balaban J connectivity index is 2.53. The van der Waals surface area contributed by atoms with Crippen LogP contribution in [-0.4, -0.2) is 23.9 Å². The molecule has 0 saturated heterocycles. The van der Waals surface area contributed by atoms with Crippen LogP contribution in [0.1, 0.15) is 18.5 Å². The molecule has 0 saturated carbocycles. The lowest BCUT2D eigenvalue weighted by molar-refractivity contribution is -0.202. The predicted molar refractivity (Wildman–Crippen MR) is 54.9 cm³/mol. The van der Waals surface area contributed by atoms with Crippen molar-refractivity contribution in [2.75, 3.05) is 6.54 Å². The van der Waals surface area contributed by atoms with Crippen molar-refractivity contribution in [2.24, 2.45) is 0 Å². The number of aliphatic hydroxyl groups is 1. The van der Waals surface area contributed by atoms with Crippen LogP contribution >= 0.6 is 0 Å². The minimum atomic E-state index is -4.64. The lowest BCUT2D eigenvalue weighted by atomic mass is 10.1. The maximum Gasteiger partial charge on any atom is 0.415 e. The highest BCUT2D eigenvalue weighted by molar-refractivity contribution is 5.19. The van der Waals surface area contributed by atoms with Gasteiger partial charge in [-0.05, 0) is 24.6 Å². The second-order valence-corrected chi connectivity index (χ2v) is 3.74. The number of hydrogen-bond donors (Lipinski definition) is 2. The number of aliphatic hydroxyl groups excluding tert-OH is 1. The molecule has 2 nitrogen and oxygen atoms in total. The van der Waals surface area contributed by atoms with E-state index in [2.05, 4.69) is 5.32 Å². The second-order valence-electron chi connectivity index (χ2n) is 3.74. The molecule has 0 spiro atoms. The van der Waals surface area contributed by atoms with Gasteiger partial charge >= 0.3 is 6.18 Å².